The number of methoxy groups -OCH3 is 1. The Morgan fingerprint density at radius 2 is 2.13 bits per heavy atom. The lowest BCUT2D eigenvalue weighted by Gasteiger charge is -2.04. The number of aryl methyl sites for hydroxylation is 1. The molecule has 1 N–H and O–H groups in total. The average Bonchev–Trinajstić information content (AvgIpc) is 2.97. The Labute approximate surface area is 135 Å². The van der Waals surface area contributed by atoms with Gasteiger partial charge in [0, 0.05) is 28.4 Å². The summed E-state index contributed by atoms with van der Waals surface area (Å²) in [4.78, 5) is 19.7. The molecule has 0 amide bonds. The Morgan fingerprint density at radius 3 is 2.83 bits per heavy atom. The number of benzene rings is 1. The van der Waals surface area contributed by atoms with E-state index in [0.29, 0.717) is 5.56 Å². The van der Waals surface area contributed by atoms with Crippen molar-refractivity contribution < 1.29 is 9.53 Å². The summed E-state index contributed by atoms with van der Waals surface area (Å²) in [6.07, 6.45) is 5.01. The summed E-state index contributed by atoms with van der Waals surface area (Å²) in [6, 6.07) is 11.6. The van der Waals surface area contributed by atoms with E-state index in [1.165, 1.54) is 12.8 Å². The van der Waals surface area contributed by atoms with Crippen LogP contribution < -0.4 is 0 Å². The molecule has 0 saturated heterocycles. The van der Waals surface area contributed by atoms with Gasteiger partial charge in [0.15, 0.2) is 0 Å². The van der Waals surface area contributed by atoms with Gasteiger partial charge in [0.05, 0.1) is 18.4 Å². The Morgan fingerprint density at radius 1 is 1.26 bits per heavy atom. The second kappa shape index (κ2) is 6.65. The van der Waals surface area contributed by atoms with E-state index in [0.717, 1.165) is 41.4 Å². The van der Waals surface area contributed by atoms with Gasteiger partial charge in [-0.05, 0) is 37.1 Å². The fourth-order valence-corrected chi connectivity index (χ4v) is 2.84. The summed E-state index contributed by atoms with van der Waals surface area (Å²) in [5.74, 6) is -0.323. The van der Waals surface area contributed by atoms with E-state index < -0.39 is 0 Å². The van der Waals surface area contributed by atoms with E-state index >= 15 is 0 Å². The van der Waals surface area contributed by atoms with Crippen molar-refractivity contribution in [3.8, 4) is 11.3 Å². The highest BCUT2D eigenvalue weighted by molar-refractivity contribution is 6.01. The van der Waals surface area contributed by atoms with E-state index in [2.05, 4.69) is 16.9 Å². The monoisotopic (exact) mass is 308 g/mol. The SMILES string of the molecule is CCCCc1[nH]c2cc(C(=O)OC)ccc2c1-c1ccccn1. The number of carbonyl (C=O) groups is 1. The number of hydrogen-bond donors (Lipinski definition) is 1. The average molecular weight is 308 g/mol. The zero-order valence-corrected chi connectivity index (χ0v) is 13.4. The van der Waals surface area contributed by atoms with Crippen LogP contribution in [0.3, 0.4) is 0 Å². The van der Waals surface area contributed by atoms with Crippen LogP contribution in [0.1, 0.15) is 35.8 Å². The Hall–Kier alpha value is -2.62. The molecule has 0 aliphatic carbocycles. The van der Waals surface area contributed by atoms with Crippen molar-refractivity contribution >= 4 is 16.9 Å². The summed E-state index contributed by atoms with van der Waals surface area (Å²) >= 11 is 0. The molecule has 0 bridgehead atoms. The third-order valence-corrected chi connectivity index (χ3v) is 4.00. The first-order valence-electron chi connectivity index (χ1n) is 7.89. The molecule has 0 radical (unpaired) electrons. The van der Waals surface area contributed by atoms with Gasteiger partial charge >= 0.3 is 5.97 Å². The number of H-pyrrole nitrogens is 1. The lowest BCUT2D eigenvalue weighted by atomic mass is 10.0. The number of ether oxygens (including phenoxy) is 1. The Bertz CT molecular complexity index is 822. The minimum Gasteiger partial charge on any atom is -0.465 e. The molecule has 118 valence electrons. The van der Waals surface area contributed by atoms with Crippen LogP contribution in [-0.4, -0.2) is 23.0 Å². The fraction of sp³-hybridized carbons (Fsp3) is 0.263. The number of hydrogen-bond acceptors (Lipinski definition) is 3. The van der Waals surface area contributed by atoms with Gasteiger partial charge in [0.25, 0.3) is 0 Å². The molecule has 0 saturated carbocycles. The van der Waals surface area contributed by atoms with Crippen LogP contribution in [0.25, 0.3) is 22.2 Å². The number of fused-ring (bicyclic) bond motifs is 1. The van der Waals surface area contributed by atoms with E-state index in [4.69, 9.17) is 4.74 Å². The Balaban J connectivity index is 2.16. The lowest BCUT2D eigenvalue weighted by Crippen LogP contribution is -2.00. The number of carbonyl (C=O) groups excluding carboxylic acids is 1. The molecule has 0 unspecified atom stereocenters. The minimum absolute atomic E-state index is 0.323. The number of pyridine rings is 1. The molecule has 4 heteroatoms. The molecular formula is C19H20N2O2. The molecule has 0 fully saturated rings. The Kier molecular flexibility index (Phi) is 4.42. The number of esters is 1. The standard InChI is InChI=1S/C19H20N2O2/c1-3-4-7-16-18(15-8-5-6-11-20-15)14-10-9-13(19(22)23-2)12-17(14)21-16/h5-6,8-12,21H,3-4,7H2,1-2H3. The van der Waals surface area contributed by atoms with Crippen LogP contribution in [0, 0.1) is 0 Å². The molecule has 4 nitrogen and oxygen atoms in total. The highest BCUT2D eigenvalue weighted by atomic mass is 16.5. The number of unbranched alkanes of at least 4 members (excludes halogenated alkanes) is 1. The van der Waals surface area contributed by atoms with Crippen molar-refractivity contribution in [2.24, 2.45) is 0 Å². The van der Waals surface area contributed by atoms with Gasteiger partial charge in [0.2, 0.25) is 0 Å². The largest absolute Gasteiger partial charge is 0.465 e. The third-order valence-electron chi connectivity index (χ3n) is 4.00. The number of nitrogens with one attached hydrogen (secondary N) is 1. The molecule has 23 heavy (non-hydrogen) atoms. The van der Waals surface area contributed by atoms with Crippen molar-refractivity contribution in [3.05, 3.63) is 53.9 Å². The smallest absolute Gasteiger partial charge is 0.337 e. The van der Waals surface area contributed by atoms with Crippen molar-refractivity contribution in [3.63, 3.8) is 0 Å². The summed E-state index contributed by atoms with van der Waals surface area (Å²) in [5.41, 5.74) is 4.75. The van der Waals surface area contributed by atoms with Crippen LogP contribution in [0.15, 0.2) is 42.6 Å². The lowest BCUT2D eigenvalue weighted by molar-refractivity contribution is 0.0601. The highest BCUT2D eigenvalue weighted by Gasteiger charge is 2.16. The normalized spacial score (nSPS) is 10.9. The van der Waals surface area contributed by atoms with Crippen molar-refractivity contribution in [2.75, 3.05) is 7.11 Å². The second-order valence-electron chi connectivity index (χ2n) is 5.55. The fourth-order valence-electron chi connectivity index (χ4n) is 2.84. The first kappa shape index (κ1) is 15.3. The number of rotatable bonds is 5. The summed E-state index contributed by atoms with van der Waals surface area (Å²) in [5, 5.41) is 1.09. The second-order valence-corrected chi connectivity index (χ2v) is 5.55. The van der Waals surface area contributed by atoms with Gasteiger partial charge in [0.1, 0.15) is 0 Å². The van der Waals surface area contributed by atoms with Crippen LogP contribution >= 0.6 is 0 Å². The van der Waals surface area contributed by atoms with Crippen LogP contribution in [0.5, 0.6) is 0 Å². The van der Waals surface area contributed by atoms with E-state index in [1.807, 2.05) is 30.3 Å². The van der Waals surface area contributed by atoms with Gasteiger partial charge < -0.3 is 9.72 Å². The molecular weight excluding hydrogens is 288 g/mol. The molecule has 2 aromatic heterocycles. The predicted octanol–water partition coefficient (Wildman–Crippen LogP) is 4.36. The number of aromatic nitrogens is 2. The van der Waals surface area contributed by atoms with Crippen molar-refractivity contribution in [2.45, 2.75) is 26.2 Å². The van der Waals surface area contributed by atoms with Gasteiger partial charge in [-0.3, -0.25) is 4.98 Å². The zero-order valence-electron chi connectivity index (χ0n) is 13.4. The van der Waals surface area contributed by atoms with Crippen molar-refractivity contribution in [1.82, 2.24) is 9.97 Å². The number of nitrogens with zero attached hydrogens (tertiary/aromatic N) is 1. The van der Waals surface area contributed by atoms with E-state index in [1.54, 1.807) is 12.3 Å². The quantitative estimate of drug-likeness (QED) is 0.712. The maximum atomic E-state index is 11.7. The molecule has 1 aromatic carbocycles. The maximum Gasteiger partial charge on any atom is 0.337 e. The first-order valence-corrected chi connectivity index (χ1v) is 7.89. The van der Waals surface area contributed by atoms with Crippen LogP contribution in [-0.2, 0) is 11.2 Å². The minimum atomic E-state index is -0.323. The van der Waals surface area contributed by atoms with Gasteiger partial charge in [-0.1, -0.05) is 25.5 Å². The van der Waals surface area contributed by atoms with Gasteiger partial charge in [-0.15, -0.1) is 0 Å². The van der Waals surface area contributed by atoms with Crippen LogP contribution in [0.4, 0.5) is 0 Å². The molecule has 0 aliphatic rings. The molecule has 0 spiro atoms. The summed E-state index contributed by atoms with van der Waals surface area (Å²) in [7, 11) is 1.40. The third kappa shape index (κ3) is 2.97. The summed E-state index contributed by atoms with van der Waals surface area (Å²) in [6.45, 7) is 2.18. The maximum absolute atomic E-state index is 11.7. The first-order chi connectivity index (χ1) is 11.2. The van der Waals surface area contributed by atoms with Crippen molar-refractivity contribution in [1.29, 1.82) is 0 Å². The predicted molar refractivity (Wildman–Crippen MR) is 91.5 cm³/mol. The summed E-state index contributed by atoms with van der Waals surface area (Å²) < 4.78 is 4.81. The van der Waals surface area contributed by atoms with Crippen LogP contribution in [0.2, 0.25) is 0 Å². The highest BCUT2D eigenvalue weighted by Crippen LogP contribution is 2.32. The van der Waals surface area contributed by atoms with Gasteiger partial charge in [-0.25, -0.2) is 4.79 Å². The van der Waals surface area contributed by atoms with E-state index in [9.17, 15) is 4.79 Å². The molecule has 3 rings (SSSR count). The molecule has 3 aromatic rings. The molecule has 2 heterocycles. The topological polar surface area (TPSA) is 55.0 Å². The zero-order chi connectivity index (χ0) is 16.2. The molecule has 0 aliphatic heterocycles. The number of aromatic amines is 1. The molecule has 0 atom stereocenters. The van der Waals surface area contributed by atoms with Gasteiger partial charge in [-0.2, -0.15) is 0 Å². The van der Waals surface area contributed by atoms with E-state index in [-0.39, 0.29) is 5.97 Å².